The highest BCUT2D eigenvalue weighted by Gasteiger charge is 2.25. The van der Waals surface area contributed by atoms with Gasteiger partial charge in [0.15, 0.2) is 0 Å². The summed E-state index contributed by atoms with van der Waals surface area (Å²) in [4.78, 5) is 10.4. The molecule has 8 heteroatoms. The zero-order valence-corrected chi connectivity index (χ0v) is 15.5. The average Bonchev–Trinajstić information content (AvgIpc) is 2.61. The molecule has 0 spiro atoms. The summed E-state index contributed by atoms with van der Waals surface area (Å²) in [6, 6.07) is 10.3. The van der Waals surface area contributed by atoms with Crippen LogP contribution in [0, 0.1) is 24.0 Å². The Hall–Kier alpha value is -2.29. The van der Waals surface area contributed by atoms with E-state index < -0.39 is 14.9 Å². The number of non-ortho nitro benzene ring substituents is 1. The van der Waals surface area contributed by atoms with E-state index >= 15 is 0 Å². The van der Waals surface area contributed by atoms with Crippen molar-refractivity contribution >= 4 is 15.7 Å². The fraction of sp³-hybridized carbons (Fsp3) is 0.333. The molecule has 3 rings (SSSR count). The summed E-state index contributed by atoms with van der Waals surface area (Å²) in [6.45, 7) is 4.28. The summed E-state index contributed by atoms with van der Waals surface area (Å²) in [6.07, 6.45) is 0.905. The van der Waals surface area contributed by atoms with Crippen LogP contribution in [0.4, 0.5) is 5.69 Å². The van der Waals surface area contributed by atoms with Crippen molar-refractivity contribution in [2.24, 2.45) is 0 Å². The minimum Gasteiger partial charge on any atom is -0.308 e. The molecule has 0 aromatic heterocycles. The molecule has 0 bridgehead atoms. The van der Waals surface area contributed by atoms with E-state index in [1.807, 2.05) is 24.3 Å². The Labute approximate surface area is 152 Å². The number of rotatable bonds is 5. The first-order chi connectivity index (χ1) is 12.3. The van der Waals surface area contributed by atoms with Crippen LogP contribution in [-0.4, -0.2) is 26.4 Å². The normalized spacial score (nSPS) is 16.9. The molecular weight excluding hydrogens is 354 g/mol. The van der Waals surface area contributed by atoms with E-state index in [0.717, 1.165) is 24.6 Å². The number of nitrogens with one attached hydrogen (secondary N) is 2. The summed E-state index contributed by atoms with van der Waals surface area (Å²) in [5, 5.41) is 14.4. The molecule has 0 aliphatic carbocycles. The lowest BCUT2D eigenvalue weighted by Gasteiger charge is -2.27. The minimum atomic E-state index is -3.87. The number of hydrogen-bond donors (Lipinski definition) is 2. The van der Waals surface area contributed by atoms with Gasteiger partial charge in [0.05, 0.1) is 9.82 Å². The Morgan fingerprint density at radius 2 is 2.00 bits per heavy atom. The van der Waals surface area contributed by atoms with Gasteiger partial charge in [-0.2, -0.15) is 0 Å². The van der Waals surface area contributed by atoms with Crippen molar-refractivity contribution in [3.05, 3.63) is 68.8 Å². The van der Waals surface area contributed by atoms with Crippen LogP contribution < -0.4 is 10.0 Å². The molecule has 1 atom stereocenters. The lowest BCUT2D eigenvalue weighted by molar-refractivity contribution is -0.385. The summed E-state index contributed by atoms with van der Waals surface area (Å²) < 4.78 is 28.2. The SMILES string of the molecule is Cc1cc([N+](=O)[O-])cc(S(=O)(=O)NCC2NCCc3ccccc32)c1C. The van der Waals surface area contributed by atoms with E-state index in [4.69, 9.17) is 0 Å². The lowest BCUT2D eigenvalue weighted by Crippen LogP contribution is -2.39. The maximum Gasteiger partial charge on any atom is 0.271 e. The minimum absolute atomic E-state index is 0.0479. The molecule has 0 amide bonds. The maximum atomic E-state index is 12.8. The number of aryl methyl sites for hydroxylation is 1. The zero-order chi connectivity index (χ0) is 18.9. The first-order valence-corrected chi connectivity index (χ1v) is 9.84. The van der Waals surface area contributed by atoms with Gasteiger partial charge in [0.1, 0.15) is 0 Å². The Bertz CT molecular complexity index is 957. The van der Waals surface area contributed by atoms with Crippen LogP contribution in [0.5, 0.6) is 0 Å². The summed E-state index contributed by atoms with van der Waals surface area (Å²) in [5.74, 6) is 0. The molecule has 1 unspecified atom stereocenters. The highest BCUT2D eigenvalue weighted by molar-refractivity contribution is 7.89. The molecule has 2 N–H and O–H groups in total. The van der Waals surface area contributed by atoms with Gasteiger partial charge in [-0.25, -0.2) is 13.1 Å². The van der Waals surface area contributed by atoms with E-state index in [0.29, 0.717) is 11.1 Å². The first-order valence-electron chi connectivity index (χ1n) is 8.36. The second kappa shape index (κ2) is 7.14. The quantitative estimate of drug-likeness (QED) is 0.617. The van der Waals surface area contributed by atoms with E-state index in [2.05, 4.69) is 10.0 Å². The molecule has 1 aliphatic rings. The molecule has 1 aliphatic heterocycles. The van der Waals surface area contributed by atoms with Gasteiger partial charge in [0.2, 0.25) is 10.0 Å². The van der Waals surface area contributed by atoms with Gasteiger partial charge in [-0.1, -0.05) is 24.3 Å². The van der Waals surface area contributed by atoms with Crippen LogP contribution in [0.3, 0.4) is 0 Å². The Kier molecular flexibility index (Phi) is 5.08. The Morgan fingerprint density at radius 1 is 1.27 bits per heavy atom. The molecule has 0 fully saturated rings. The van der Waals surface area contributed by atoms with Crippen molar-refractivity contribution in [3.8, 4) is 0 Å². The molecule has 2 aromatic rings. The number of nitrogens with zero attached hydrogens (tertiary/aromatic N) is 1. The van der Waals surface area contributed by atoms with E-state index in [1.54, 1.807) is 13.8 Å². The highest BCUT2D eigenvalue weighted by Crippen LogP contribution is 2.26. The van der Waals surface area contributed by atoms with Gasteiger partial charge < -0.3 is 5.32 Å². The third kappa shape index (κ3) is 3.62. The number of hydrogen-bond acceptors (Lipinski definition) is 5. The smallest absolute Gasteiger partial charge is 0.271 e. The van der Waals surface area contributed by atoms with Crippen LogP contribution in [0.15, 0.2) is 41.3 Å². The monoisotopic (exact) mass is 375 g/mol. The van der Waals surface area contributed by atoms with Crippen LogP contribution in [0.1, 0.15) is 28.3 Å². The highest BCUT2D eigenvalue weighted by atomic mass is 32.2. The van der Waals surface area contributed by atoms with Crippen molar-refractivity contribution in [1.29, 1.82) is 0 Å². The fourth-order valence-electron chi connectivity index (χ4n) is 3.24. The first kappa shape index (κ1) is 18.5. The number of nitro benzene ring substituents is 1. The van der Waals surface area contributed by atoms with Crippen LogP contribution >= 0.6 is 0 Å². The molecular formula is C18H21N3O4S. The molecule has 0 radical (unpaired) electrons. The standard InChI is InChI=1S/C18H21N3O4S/c1-12-9-15(21(22)23)10-18(13(12)2)26(24,25)20-11-17-16-6-4-3-5-14(16)7-8-19-17/h3-6,9-10,17,19-20H,7-8,11H2,1-2H3. The molecule has 1 heterocycles. The van der Waals surface area contributed by atoms with Gasteiger partial charge in [-0.15, -0.1) is 0 Å². The van der Waals surface area contributed by atoms with Gasteiger partial charge >= 0.3 is 0 Å². The topological polar surface area (TPSA) is 101 Å². The summed E-state index contributed by atoms with van der Waals surface area (Å²) in [5.41, 5.74) is 3.14. The maximum absolute atomic E-state index is 12.8. The average molecular weight is 375 g/mol. The van der Waals surface area contributed by atoms with Gasteiger partial charge in [-0.05, 0) is 49.1 Å². The second-order valence-corrected chi connectivity index (χ2v) is 8.19. The number of benzene rings is 2. The van der Waals surface area contributed by atoms with Gasteiger partial charge in [0, 0.05) is 24.7 Å². The van der Waals surface area contributed by atoms with Crippen LogP contribution in [-0.2, 0) is 16.4 Å². The molecule has 0 saturated heterocycles. The lowest BCUT2D eigenvalue weighted by atomic mass is 9.95. The number of fused-ring (bicyclic) bond motifs is 1. The third-order valence-corrected chi connectivity index (χ3v) is 6.35. The summed E-state index contributed by atoms with van der Waals surface area (Å²) in [7, 11) is -3.87. The van der Waals surface area contributed by atoms with Crippen LogP contribution in [0.2, 0.25) is 0 Å². The Balaban J connectivity index is 1.86. The molecule has 138 valence electrons. The van der Waals surface area contributed by atoms with E-state index in [1.165, 1.54) is 11.6 Å². The van der Waals surface area contributed by atoms with E-state index in [-0.39, 0.29) is 23.2 Å². The van der Waals surface area contributed by atoms with Gasteiger partial charge in [-0.3, -0.25) is 10.1 Å². The molecule has 7 nitrogen and oxygen atoms in total. The van der Waals surface area contributed by atoms with Crippen molar-refractivity contribution in [2.75, 3.05) is 13.1 Å². The largest absolute Gasteiger partial charge is 0.308 e. The Morgan fingerprint density at radius 3 is 2.73 bits per heavy atom. The second-order valence-electron chi connectivity index (χ2n) is 6.45. The van der Waals surface area contributed by atoms with E-state index in [9.17, 15) is 18.5 Å². The molecule has 2 aromatic carbocycles. The number of sulfonamides is 1. The number of nitro groups is 1. The van der Waals surface area contributed by atoms with Crippen molar-refractivity contribution in [1.82, 2.24) is 10.0 Å². The third-order valence-electron chi connectivity index (χ3n) is 4.80. The van der Waals surface area contributed by atoms with Crippen molar-refractivity contribution in [2.45, 2.75) is 31.2 Å². The van der Waals surface area contributed by atoms with Crippen molar-refractivity contribution in [3.63, 3.8) is 0 Å². The van der Waals surface area contributed by atoms with Crippen LogP contribution in [0.25, 0.3) is 0 Å². The predicted octanol–water partition coefficient (Wildman–Crippen LogP) is 2.38. The predicted molar refractivity (Wildman–Crippen MR) is 98.6 cm³/mol. The zero-order valence-electron chi connectivity index (χ0n) is 14.7. The van der Waals surface area contributed by atoms with Gasteiger partial charge in [0.25, 0.3) is 5.69 Å². The van der Waals surface area contributed by atoms with Crippen molar-refractivity contribution < 1.29 is 13.3 Å². The fourth-order valence-corrected chi connectivity index (χ4v) is 4.62. The molecule has 0 saturated carbocycles. The summed E-state index contributed by atoms with van der Waals surface area (Å²) >= 11 is 0. The molecule has 26 heavy (non-hydrogen) atoms.